The van der Waals surface area contributed by atoms with Crippen molar-refractivity contribution >= 4 is 22.6 Å². The van der Waals surface area contributed by atoms with Gasteiger partial charge < -0.3 is 14.0 Å². The standard InChI is InChI=1S/C16H21ClN2O2/c1-10(17)16-18-14-8-13(20-3)4-5-15(14)19(16)11(2)12-6-7-21-9-12/h4-5,8,10-12H,6-7,9H2,1-3H3. The van der Waals surface area contributed by atoms with Gasteiger partial charge in [0, 0.05) is 24.6 Å². The number of hydrogen-bond acceptors (Lipinski definition) is 3. The van der Waals surface area contributed by atoms with Crippen LogP contribution in [0.3, 0.4) is 0 Å². The molecule has 1 aromatic carbocycles. The van der Waals surface area contributed by atoms with E-state index in [1.165, 1.54) is 0 Å². The summed E-state index contributed by atoms with van der Waals surface area (Å²) >= 11 is 6.36. The molecule has 2 aromatic rings. The zero-order valence-electron chi connectivity index (χ0n) is 12.7. The number of methoxy groups -OCH3 is 1. The summed E-state index contributed by atoms with van der Waals surface area (Å²) in [5, 5.41) is -0.131. The van der Waals surface area contributed by atoms with Crippen molar-refractivity contribution in [1.82, 2.24) is 9.55 Å². The Balaban J connectivity index is 2.11. The lowest BCUT2D eigenvalue weighted by molar-refractivity contribution is 0.175. The highest BCUT2D eigenvalue weighted by molar-refractivity contribution is 6.20. The first kappa shape index (κ1) is 14.7. The molecule has 1 aliphatic heterocycles. The Labute approximate surface area is 130 Å². The van der Waals surface area contributed by atoms with Crippen molar-refractivity contribution in [2.75, 3.05) is 20.3 Å². The average molecular weight is 309 g/mol. The minimum atomic E-state index is -0.131. The minimum Gasteiger partial charge on any atom is -0.497 e. The van der Waals surface area contributed by atoms with E-state index in [-0.39, 0.29) is 5.38 Å². The molecule has 1 fully saturated rings. The van der Waals surface area contributed by atoms with Crippen LogP contribution in [0.25, 0.3) is 11.0 Å². The molecule has 4 nitrogen and oxygen atoms in total. The van der Waals surface area contributed by atoms with E-state index in [1.807, 2.05) is 19.1 Å². The van der Waals surface area contributed by atoms with Crippen molar-refractivity contribution < 1.29 is 9.47 Å². The lowest BCUT2D eigenvalue weighted by Crippen LogP contribution is -2.19. The van der Waals surface area contributed by atoms with E-state index in [2.05, 4.69) is 17.6 Å². The van der Waals surface area contributed by atoms with E-state index >= 15 is 0 Å². The van der Waals surface area contributed by atoms with Crippen LogP contribution in [0.15, 0.2) is 18.2 Å². The predicted octanol–water partition coefficient (Wildman–Crippen LogP) is 3.94. The van der Waals surface area contributed by atoms with Gasteiger partial charge in [-0.05, 0) is 32.4 Å². The second kappa shape index (κ2) is 5.85. The third kappa shape index (κ3) is 2.62. The normalized spacial score (nSPS) is 21.6. The maximum absolute atomic E-state index is 6.36. The summed E-state index contributed by atoms with van der Waals surface area (Å²) in [6.07, 6.45) is 1.09. The third-order valence-electron chi connectivity index (χ3n) is 4.33. The van der Waals surface area contributed by atoms with Gasteiger partial charge in [-0.25, -0.2) is 4.98 Å². The van der Waals surface area contributed by atoms with E-state index in [9.17, 15) is 0 Å². The maximum Gasteiger partial charge on any atom is 0.127 e. The van der Waals surface area contributed by atoms with E-state index in [4.69, 9.17) is 26.1 Å². The molecule has 0 aliphatic carbocycles. The van der Waals surface area contributed by atoms with Crippen molar-refractivity contribution in [1.29, 1.82) is 0 Å². The van der Waals surface area contributed by atoms with Crippen LogP contribution in [0.4, 0.5) is 0 Å². The Morgan fingerprint density at radius 1 is 1.43 bits per heavy atom. The number of benzene rings is 1. The first-order chi connectivity index (χ1) is 10.1. The Morgan fingerprint density at radius 3 is 2.86 bits per heavy atom. The Bertz CT molecular complexity index is 632. The molecule has 0 amide bonds. The highest BCUT2D eigenvalue weighted by Crippen LogP contribution is 2.34. The van der Waals surface area contributed by atoms with Gasteiger partial charge in [0.25, 0.3) is 0 Å². The molecule has 0 N–H and O–H groups in total. The number of aromatic nitrogens is 2. The summed E-state index contributed by atoms with van der Waals surface area (Å²) in [6.45, 7) is 5.86. The smallest absolute Gasteiger partial charge is 0.127 e. The van der Waals surface area contributed by atoms with Crippen molar-refractivity contribution in [3.05, 3.63) is 24.0 Å². The Kier molecular flexibility index (Phi) is 4.09. The van der Waals surface area contributed by atoms with Crippen LogP contribution in [0, 0.1) is 5.92 Å². The van der Waals surface area contributed by atoms with E-state index in [0.29, 0.717) is 12.0 Å². The summed E-state index contributed by atoms with van der Waals surface area (Å²) < 4.78 is 13.1. The number of fused-ring (bicyclic) bond motifs is 1. The second-order valence-electron chi connectivity index (χ2n) is 5.67. The number of nitrogens with zero attached hydrogens (tertiary/aromatic N) is 2. The molecule has 2 heterocycles. The molecule has 5 heteroatoms. The molecule has 1 aliphatic rings. The lowest BCUT2D eigenvalue weighted by atomic mass is 10.00. The number of alkyl halides is 1. The highest BCUT2D eigenvalue weighted by atomic mass is 35.5. The first-order valence-electron chi connectivity index (χ1n) is 7.39. The van der Waals surface area contributed by atoms with Gasteiger partial charge in [0.1, 0.15) is 11.6 Å². The van der Waals surface area contributed by atoms with E-state index in [1.54, 1.807) is 7.11 Å². The highest BCUT2D eigenvalue weighted by Gasteiger charge is 2.28. The number of ether oxygens (including phenoxy) is 2. The topological polar surface area (TPSA) is 36.3 Å². The molecule has 3 rings (SSSR count). The zero-order chi connectivity index (χ0) is 15.0. The molecule has 1 aromatic heterocycles. The van der Waals surface area contributed by atoms with Crippen molar-refractivity contribution in [2.45, 2.75) is 31.7 Å². The second-order valence-corrected chi connectivity index (χ2v) is 6.33. The SMILES string of the molecule is COc1ccc2c(c1)nc(C(C)Cl)n2C(C)C1CCOC1. The minimum absolute atomic E-state index is 0.131. The van der Waals surface area contributed by atoms with Crippen molar-refractivity contribution in [2.24, 2.45) is 5.92 Å². The molecule has 0 spiro atoms. The molecular weight excluding hydrogens is 288 g/mol. The first-order valence-corrected chi connectivity index (χ1v) is 7.83. The molecule has 21 heavy (non-hydrogen) atoms. The van der Waals surface area contributed by atoms with Gasteiger partial charge in [0.15, 0.2) is 0 Å². The largest absolute Gasteiger partial charge is 0.497 e. The molecule has 1 saturated heterocycles. The van der Waals surface area contributed by atoms with Gasteiger partial charge in [-0.3, -0.25) is 0 Å². The lowest BCUT2D eigenvalue weighted by Gasteiger charge is -2.23. The van der Waals surface area contributed by atoms with Gasteiger partial charge >= 0.3 is 0 Å². The van der Waals surface area contributed by atoms with Crippen molar-refractivity contribution in [3.8, 4) is 5.75 Å². The van der Waals surface area contributed by atoms with Crippen LogP contribution in [-0.4, -0.2) is 29.9 Å². The van der Waals surface area contributed by atoms with Crippen LogP contribution in [0.1, 0.15) is 37.5 Å². The van der Waals surface area contributed by atoms with E-state index < -0.39 is 0 Å². The monoisotopic (exact) mass is 308 g/mol. The number of halogens is 1. The van der Waals surface area contributed by atoms with Gasteiger partial charge in [0.2, 0.25) is 0 Å². The van der Waals surface area contributed by atoms with Crippen LogP contribution in [0.2, 0.25) is 0 Å². The molecule has 3 unspecified atom stereocenters. The summed E-state index contributed by atoms with van der Waals surface area (Å²) in [5.74, 6) is 2.25. The summed E-state index contributed by atoms with van der Waals surface area (Å²) in [7, 11) is 1.67. The van der Waals surface area contributed by atoms with Crippen LogP contribution >= 0.6 is 11.6 Å². The third-order valence-corrected chi connectivity index (χ3v) is 4.53. The van der Waals surface area contributed by atoms with Crippen LogP contribution in [0.5, 0.6) is 5.75 Å². The average Bonchev–Trinajstić information content (AvgIpc) is 3.13. The van der Waals surface area contributed by atoms with Gasteiger partial charge in [-0.1, -0.05) is 0 Å². The number of rotatable bonds is 4. The van der Waals surface area contributed by atoms with Crippen LogP contribution in [-0.2, 0) is 4.74 Å². The van der Waals surface area contributed by atoms with Gasteiger partial charge in [-0.2, -0.15) is 0 Å². The fraction of sp³-hybridized carbons (Fsp3) is 0.562. The number of imidazole rings is 1. The quantitative estimate of drug-likeness (QED) is 0.803. The molecule has 3 atom stereocenters. The molecular formula is C16H21ClN2O2. The fourth-order valence-corrected chi connectivity index (χ4v) is 3.23. The van der Waals surface area contributed by atoms with Gasteiger partial charge in [-0.15, -0.1) is 11.6 Å². The molecule has 0 saturated carbocycles. The Hall–Kier alpha value is -1.26. The van der Waals surface area contributed by atoms with Crippen molar-refractivity contribution in [3.63, 3.8) is 0 Å². The van der Waals surface area contributed by atoms with Gasteiger partial charge in [0.05, 0.1) is 30.1 Å². The zero-order valence-corrected chi connectivity index (χ0v) is 13.4. The van der Waals surface area contributed by atoms with Crippen LogP contribution < -0.4 is 4.74 Å². The summed E-state index contributed by atoms with van der Waals surface area (Å²) in [4.78, 5) is 4.72. The summed E-state index contributed by atoms with van der Waals surface area (Å²) in [5.41, 5.74) is 2.04. The molecule has 0 radical (unpaired) electrons. The van der Waals surface area contributed by atoms with E-state index in [0.717, 1.165) is 42.2 Å². The predicted molar refractivity (Wildman–Crippen MR) is 84.2 cm³/mol. The summed E-state index contributed by atoms with van der Waals surface area (Å²) in [6, 6.07) is 6.33. The maximum atomic E-state index is 6.36. The molecule has 0 bridgehead atoms. The number of hydrogen-bond donors (Lipinski definition) is 0. The molecule has 114 valence electrons. The fourth-order valence-electron chi connectivity index (χ4n) is 3.08. The Morgan fingerprint density at radius 2 is 2.24 bits per heavy atom.